The fourth-order valence-corrected chi connectivity index (χ4v) is 3.25. The smallest absolute Gasteiger partial charge is 0.410 e. The summed E-state index contributed by atoms with van der Waals surface area (Å²) in [7, 11) is 4.64. The molecule has 0 saturated carbocycles. The Labute approximate surface area is 172 Å². The van der Waals surface area contributed by atoms with Crippen LogP contribution < -0.4 is 19.5 Å². The molecule has 0 spiro atoms. The first kappa shape index (κ1) is 22.6. The van der Waals surface area contributed by atoms with Crippen molar-refractivity contribution in [2.45, 2.75) is 45.8 Å². The number of carbonyl (C=O) groups excluding carboxylic acids is 2. The van der Waals surface area contributed by atoms with Gasteiger partial charge in [0, 0.05) is 19.6 Å². The van der Waals surface area contributed by atoms with E-state index in [4.69, 9.17) is 18.9 Å². The third-order valence-corrected chi connectivity index (χ3v) is 4.64. The first-order valence-electron chi connectivity index (χ1n) is 9.73. The van der Waals surface area contributed by atoms with Gasteiger partial charge in [-0.25, -0.2) is 4.79 Å². The van der Waals surface area contributed by atoms with Gasteiger partial charge < -0.3 is 29.2 Å². The van der Waals surface area contributed by atoms with Gasteiger partial charge in [-0.05, 0) is 51.3 Å². The third-order valence-electron chi connectivity index (χ3n) is 4.64. The molecule has 1 aliphatic rings. The van der Waals surface area contributed by atoms with E-state index in [1.54, 1.807) is 38.4 Å². The molecule has 162 valence electrons. The van der Waals surface area contributed by atoms with E-state index in [0.717, 1.165) is 18.4 Å². The van der Waals surface area contributed by atoms with E-state index >= 15 is 0 Å². The van der Waals surface area contributed by atoms with Crippen molar-refractivity contribution in [3.63, 3.8) is 0 Å². The molecule has 2 rings (SSSR count). The average molecular weight is 408 g/mol. The molecule has 1 saturated heterocycles. The first-order valence-corrected chi connectivity index (χ1v) is 9.73. The zero-order valence-corrected chi connectivity index (χ0v) is 18.2. The second-order valence-electron chi connectivity index (χ2n) is 8.02. The summed E-state index contributed by atoms with van der Waals surface area (Å²) < 4.78 is 21.4. The fourth-order valence-electron chi connectivity index (χ4n) is 3.25. The summed E-state index contributed by atoms with van der Waals surface area (Å²) in [6.07, 6.45) is 1.13. The van der Waals surface area contributed by atoms with Crippen LogP contribution in [0.4, 0.5) is 4.79 Å². The molecule has 2 amide bonds. The van der Waals surface area contributed by atoms with E-state index in [0.29, 0.717) is 36.9 Å². The summed E-state index contributed by atoms with van der Waals surface area (Å²) in [5.41, 5.74) is 0.270. The minimum atomic E-state index is -0.557. The van der Waals surface area contributed by atoms with Crippen molar-refractivity contribution in [3.8, 4) is 17.2 Å². The van der Waals surface area contributed by atoms with Gasteiger partial charge in [-0.15, -0.1) is 0 Å². The molecule has 1 fully saturated rings. The van der Waals surface area contributed by atoms with Crippen LogP contribution in [-0.2, 0) is 16.1 Å². The number of nitrogens with zero attached hydrogens (tertiary/aromatic N) is 1. The van der Waals surface area contributed by atoms with Crippen LogP contribution in [0.2, 0.25) is 0 Å². The molecular weight excluding hydrogens is 376 g/mol. The third kappa shape index (κ3) is 6.17. The zero-order valence-electron chi connectivity index (χ0n) is 18.2. The van der Waals surface area contributed by atoms with E-state index in [-0.39, 0.29) is 17.9 Å². The van der Waals surface area contributed by atoms with E-state index in [2.05, 4.69) is 5.32 Å². The number of likely N-dealkylation sites (tertiary alicyclic amines) is 1. The lowest BCUT2D eigenvalue weighted by Gasteiger charge is -2.33. The fraction of sp³-hybridized carbons (Fsp3) is 0.619. The Balaban J connectivity index is 1.99. The minimum Gasteiger partial charge on any atom is -0.493 e. The van der Waals surface area contributed by atoms with Crippen molar-refractivity contribution in [1.29, 1.82) is 0 Å². The molecule has 0 bridgehead atoms. The monoisotopic (exact) mass is 408 g/mol. The van der Waals surface area contributed by atoms with Gasteiger partial charge in [0.1, 0.15) is 5.60 Å². The molecule has 1 N–H and O–H groups in total. The van der Waals surface area contributed by atoms with Crippen LogP contribution in [-0.4, -0.2) is 56.9 Å². The van der Waals surface area contributed by atoms with E-state index < -0.39 is 5.60 Å². The highest BCUT2D eigenvalue weighted by Gasteiger charge is 2.31. The maximum atomic E-state index is 12.7. The van der Waals surface area contributed by atoms with Gasteiger partial charge in [0.15, 0.2) is 11.5 Å². The quantitative estimate of drug-likeness (QED) is 0.779. The lowest BCUT2D eigenvalue weighted by Crippen LogP contribution is -2.46. The maximum Gasteiger partial charge on any atom is 0.410 e. The number of amides is 2. The summed E-state index contributed by atoms with van der Waals surface area (Å²) in [6, 6.07) is 3.60. The molecule has 29 heavy (non-hydrogen) atoms. The molecular formula is C21H32N2O6. The summed E-state index contributed by atoms with van der Waals surface area (Å²) in [6.45, 7) is 6.77. The summed E-state index contributed by atoms with van der Waals surface area (Å²) in [5.74, 6) is 1.21. The molecule has 8 nitrogen and oxygen atoms in total. The SMILES string of the molecule is COc1cc(CNC(=O)[C@@H]2CCCN(C(=O)OC(C)(C)C)C2)cc(OC)c1OC. The second-order valence-corrected chi connectivity index (χ2v) is 8.02. The molecule has 1 aromatic carbocycles. The number of piperidine rings is 1. The van der Waals surface area contributed by atoms with Crippen LogP contribution in [0.15, 0.2) is 12.1 Å². The molecule has 0 aromatic heterocycles. The van der Waals surface area contributed by atoms with Crippen LogP contribution in [0, 0.1) is 5.92 Å². The number of benzene rings is 1. The van der Waals surface area contributed by atoms with Crippen LogP contribution in [0.25, 0.3) is 0 Å². The second kappa shape index (κ2) is 9.71. The molecule has 0 unspecified atom stereocenters. The van der Waals surface area contributed by atoms with Crippen LogP contribution in [0.3, 0.4) is 0 Å². The summed E-state index contributed by atoms with van der Waals surface area (Å²) >= 11 is 0. The highest BCUT2D eigenvalue weighted by molar-refractivity contribution is 5.80. The lowest BCUT2D eigenvalue weighted by molar-refractivity contribution is -0.126. The minimum absolute atomic E-state index is 0.0907. The number of carbonyl (C=O) groups is 2. The van der Waals surface area contributed by atoms with Gasteiger partial charge in [-0.2, -0.15) is 0 Å². The Bertz CT molecular complexity index is 703. The Hall–Kier alpha value is -2.64. The molecule has 0 aliphatic carbocycles. The number of hydrogen-bond donors (Lipinski definition) is 1. The van der Waals surface area contributed by atoms with Crippen LogP contribution in [0.1, 0.15) is 39.2 Å². The van der Waals surface area contributed by atoms with E-state index in [1.807, 2.05) is 20.8 Å². The Morgan fingerprint density at radius 3 is 2.24 bits per heavy atom. The lowest BCUT2D eigenvalue weighted by atomic mass is 9.97. The van der Waals surface area contributed by atoms with Crippen molar-refractivity contribution in [3.05, 3.63) is 17.7 Å². The zero-order chi connectivity index (χ0) is 21.6. The van der Waals surface area contributed by atoms with Crippen molar-refractivity contribution in [2.75, 3.05) is 34.4 Å². The number of hydrogen-bond acceptors (Lipinski definition) is 6. The molecule has 1 aliphatic heterocycles. The summed E-state index contributed by atoms with van der Waals surface area (Å²) in [5, 5.41) is 2.95. The number of rotatable bonds is 6. The van der Waals surface area contributed by atoms with Crippen molar-refractivity contribution in [1.82, 2.24) is 10.2 Å². The number of methoxy groups -OCH3 is 3. The van der Waals surface area contributed by atoms with Crippen molar-refractivity contribution in [2.24, 2.45) is 5.92 Å². The van der Waals surface area contributed by atoms with Crippen LogP contribution in [0.5, 0.6) is 17.2 Å². The Morgan fingerprint density at radius 1 is 1.10 bits per heavy atom. The summed E-state index contributed by atoms with van der Waals surface area (Å²) in [4.78, 5) is 26.6. The first-order chi connectivity index (χ1) is 13.7. The normalized spacial score (nSPS) is 16.8. The number of nitrogens with one attached hydrogen (secondary N) is 1. The van der Waals surface area contributed by atoms with Crippen molar-refractivity contribution >= 4 is 12.0 Å². The predicted octanol–water partition coefficient (Wildman–Crippen LogP) is 2.98. The van der Waals surface area contributed by atoms with E-state index in [9.17, 15) is 9.59 Å². The van der Waals surface area contributed by atoms with Gasteiger partial charge in [0.25, 0.3) is 0 Å². The highest BCUT2D eigenvalue weighted by atomic mass is 16.6. The topological polar surface area (TPSA) is 86.3 Å². The largest absolute Gasteiger partial charge is 0.493 e. The molecule has 0 radical (unpaired) electrons. The predicted molar refractivity (Wildman–Crippen MR) is 108 cm³/mol. The van der Waals surface area contributed by atoms with Gasteiger partial charge in [-0.3, -0.25) is 4.79 Å². The Morgan fingerprint density at radius 2 is 1.72 bits per heavy atom. The molecule has 1 heterocycles. The molecule has 1 aromatic rings. The van der Waals surface area contributed by atoms with E-state index in [1.165, 1.54) is 0 Å². The van der Waals surface area contributed by atoms with Gasteiger partial charge in [-0.1, -0.05) is 0 Å². The van der Waals surface area contributed by atoms with Crippen molar-refractivity contribution < 1.29 is 28.5 Å². The van der Waals surface area contributed by atoms with Gasteiger partial charge in [0.2, 0.25) is 11.7 Å². The Kier molecular flexibility index (Phi) is 7.59. The van der Waals surface area contributed by atoms with Crippen LogP contribution >= 0.6 is 0 Å². The number of ether oxygens (including phenoxy) is 4. The average Bonchev–Trinajstić information content (AvgIpc) is 2.69. The van der Waals surface area contributed by atoms with Gasteiger partial charge in [0.05, 0.1) is 27.2 Å². The standard InChI is InChI=1S/C21H32N2O6/c1-21(2,3)29-20(25)23-9-7-8-15(13-23)19(24)22-12-14-10-16(26-4)18(28-6)17(11-14)27-5/h10-11,15H,7-9,12-13H2,1-6H3,(H,22,24)/t15-/m1/s1. The molecule has 1 atom stereocenters. The van der Waals surface area contributed by atoms with Gasteiger partial charge >= 0.3 is 6.09 Å². The maximum absolute atomic E-state index is 12.7. The highest BCUT2D eigenvalue weighted by Crippen LogP contribution is 2.38. The molecule has 8 heteroatoms.